The summed E-state index contributed by atoms with van der Waals surface area (Å²) in [6.07, 6.45) is 2.09. The third-order valence-corrected chi connectivity index (χ3v) is 2.51. The number of allylic oxidation sites excluding steroid dienone is 1. The fourth-order valence-electron chi connectivity index (χ4n) is 1.55. The monoisotopic (exact) mass is 224 g/mol. The first-order chi connectivity index (χ1) is 7.01. The van der Waals surface area contributed by atoms with Crippen LogP contribution in [0.5, 0.6) is 0 Å². The zero-order valence-corrected chi connectivity index (χ0v) is 11.4. The van der Waals surface area contributed by atoms with Gasteiger partial charge in [-0.15, -0.1) is 6.58 Å². The maximum Gasteiger partial charge on any atom is 0.148 e. The lowest BCUT2D eigenvalue weighted by molar-refractivity contribution is -0.141. The molecule has 2 nitrogen and oxygen atoms in total. The topological polar surface area (TPSA) is 34.1 Å². The highest BCUT2D eigenvalue weighted by molar-refractivity contribution is 6.06. The first-order valence-corrected chi connectivity index (χ1v) is 5.71. The average Bonchev–Trinajstić information content (AvgIpc) is 2.09. The summed E-state index contributed by atoms with van der Waals surface area (Å²) in [6.45, 7) is 14.7. The molecule has 0 rings (SSSR count). The van der Waals surface area contributed by atoms with E-state index >= 15 is 0 Å². The fraction of sp³-hybridized carbons (Fsp3) is 0.714. The molecule has 2 heteroatoms. The molecule has 0 aromatic rings. The SMILES string of the molecule is C=CCC(C(=O)C(C)(C)C)C(=O)C(C)(C)C. The molecule has 0 N–H and O–H groups in total. The van der Waals surface area contributed by atoms with Gasteiger partial charge < -0.3 is 0 Å². The molecule has 0 aromatic carbocycles. The van der Waals surface area contributed by atoms with Crippen LogP contribution >= 0.6 is 0 Å². The van der Waals surface area contributed by atoms with Crippen molar-refractivity contribution in [2.24, 2.45) is 16.7 Å². The molecule has 0 amide bonds. The third kappa shape index (κ3) is 3.92. The van der Waals surface area contributed by atoms with Crippen LogP contribution in [0.1, 0.15) is 48.0 Å². The van der Waals surface area contributed by atoms with Crippen LogP contribution in [0.25, 0.3) is 0 Å². The van der Waals surface area contributed by atoms with Crippen molar-refractivity contribution in [1.82, 2.24) is 0 Å². The predicted molar refractivity (Wildman–Crippen MR) is 67.2 cm³/mol. The van der Waals surface area contributed by atoms with Crippen LogP contribution in [0.15, 0.2) is 12.7 Å². The van der Waals surface area contributed by atoms with Crippen LogP contribution in [-0.2, 0) is 9.59 Å². The van der Waals surface area contributed by atoms with Gasteiger partial charge in [0.1, 0.15) is 11.6 Å². The third-order valence-electron chi connectivity index (χ3n) is 2.51. The Hall–Kier alpha value is -0.920. The second-order valence-electron chi connectivity index (χ2n) is 6.31. The van der Waals surface area contributed by atoms with Crippen LogP contribution in [0.4, 0.5) is 0 Å². The van der Waals surface area contributed by atoms with Crippen molar-refractivity contribution >= 4 is 11.6 Å². The summed E-state index contributed by atoms with van der Waals surface area (Å²) >= 11 is 0. The Bertz CT molecular complexity index is 261. The number of carbonyl (C=O) groups excluding carboxylic acids is 2. The van der Waals surface area contributed by atoms with Gasteiger partial charge in [-0.3, -0.25) is 9.59 Å². The van der Waals surface area contributed by atoms with Gasteiger partial charge in [-0.2, -0.15) is 0 Å². The molecule has 0 heterocycles. The van der Waals surface area contributed by atoms with Crippen molar-refractivity contribution in [3.05, 3.63) is 12.7 Å². The van der Waals surface area contributed by atoms with Crippen LogP contribution < -0.4 is 0 Å². The summed E-state index contributed by atoms with van der Waals surface area (Å²) in [6, 6.07) is 0. The van der Waals surface area contributed by atoms with Gasteiger partial charge >= 0.3 is 0 Å². The van der Waals surface area contributed by atoms with Gasteiger partial charge in [-0.25, -0.2) is 0 Å². The van der Waals surface area contributed by atoms with Crippen LogP contribution in [0.2, 0.25) is 0 Å². The van der Waals surface area contributed by atoms with Crippen LogP contribution in [-0.4, -0.2) is 11.6 Å². The molecule has 0 aliphatic rings. The number of Topliss-reactive ketones (excluding diaryl/α,β-unsaturated/α-hetero) is 2. The lowest BCUT2D eigenvalue weighted by atomic mass is 9.73. The van der Waals surface area contributed by atoms with Gasteiger partial charge in [0.05, 0.1) is 5.92 Å². The minimum atomic E-state index is -0.544. The highest BCUT2D eigenvalue weighted by atomic mass is 16.2. The highest BCUT2D eigenvalue weighted by Gasteiger charge is 2.38. The zero-order chi connectivity index (χ0) is 13.1. The van der Waals surface area contributed by atoms with E-state index in [2.05, 4.69) is 6.58 Å². The molecular formula is C14H24O2. The maximum absolute atomic E-state index is 12.2. The van der Waals surface area contributed by atoms with Crippen molar-refractivity contribution in [3.63, 3.8) is 0 Å². The van der Waals surface area contributed by atoms with E-state index in [0.29, 0.717) is 6.42 Å². The Morgan fingerprint density at radius 1 is 1.00 bits per heavy atom. The summed E-state index contributed by atoms with van der Waals surface area (Å²) in [7, 11) is 0. The number of hydrogen-bond donors (Lipinski definition) is 0. The van der Waals surface area contributed by atoms with E-state index in [0.717, 1.165) is 0 Å². The van der Waals surface area contributed by atoms with E-state index in [4.69, 9.17) is 0 Å². The molecule has 0 aromatic heterocycles. The second-order valence-corrected chi connectivity index (χ2v) is 6.31. The number of rotatable bonds is 4. The fourth-order valence-corrected chi connectivity index (χ4v) is 1.55. The van der Waals surface area contributed by atoms with Gasteiger partial charge in [0.25, 0.3) is 0 Å². The van der Waals surface area contributed by atoms with Crippen LogP contribution in [0, 0.1) is 16.7 Å². The Balaban J connectivity index is 5.11. The van der Waals surface area contributed by atoms with Crippen molar-refractivity contribution in [2.45, 2.75) is 48.0 Å². The van der Waals surface area contributed by atoms with E-state index in [9.17, 15) is 9.59 Å². The molecule has 0 unspecified atom stereocenters. The molecule has 0 aliphatic heterocycles. The summed E-state index contributed by atoms with van der Waals surface area (Å²) in [5.41, 5.74) is -0.955. The Kier molecular flexibility index (Phi) is 4.66. The largest absolute Gasteiger partial charge is 0.298 e. The number of carbonyl (C=O) groups is 2. The summed E-state index contributed by atoms with van der Waals surface area (Å²) < 4.78 is 0. The molecule has 0 saturated carbocycles. The minimum absolute atomic E-state index is 0.00678. The van der Waals surface area contributed by atoms with Crippen molar-refractivity contribution in [3.8, 4) is 0 Å². The molecular weight excluding hydrogens is 200 g/mol. The molecule has 0 atom stereocenters. The van der Waals surface area contributed by atoms with E-state index in [1.165, 1.54) is 0 Å². The molecule has 0 spiro atoms. The van der Waals surface area contributed by atoms with E-state index in [1.54, 1.807) is 6.08 Å². The van der Waals surface area contributed by atoms with Crippen molar-refractivity contribution < 1.29 is 9.59 Å². The van der Waals surface area contributed by atoms with Gasteiger partial charge in [-0.05, 0) is 6.42 Å². The lowest BCUT2D eigenvalue weighted by Crippen LogP contribution is -2.38. The van der Waals surface area contributed by atoms with Gasteiger partial charge in [-0.1, -0.05) is 47.6 Å². The molecule has 0 fully saturated rings. The van der Waals surface area contributed by atoms with Gasteiger partial charge in [0.15, 0.2) is 0 Å². The summed E-state index contributed by atoms with van der Waals surface area (Å²) in [5.74, 6) is -0.530. The standard InChI is InChI=1S/C14H24O2/c1-8-9-10(11(15)13(2,3)4)12(16)14(5,6)7/h8,10H,1,9H2,2-7H3. The first kappa shape index (κ1) is 15.1. The summed E-state index contributed by atoms with van der Waals surface area (Å²) in [5, 5.41) is 0. The van der Waals surface area contributed by atoms with E-state index < -0.39 is 16.7 Å². The van der Waals surface area contributed by atoms with E-state index in [-0.39, 0.29) is 11.6 Å². The normalized spacial score (nSPS) is 12.7. The smallest absolute Gasteiger partial charge is 0.148 e. The highest BCUT2D eigenvalue weighted by Crippen LogP contribution is 2.29. The molecule has 0 radical (unpaired) electrons. The Morgan fingerprint density at radius 3 is 1.50 bits per heavy atom. The number of ketones is 2. The predicted octanol–water partition coefficient (Wildman–Crippen LogP) is 3.41. The quantitative estimate of drug-likeness (QED) is 0.541. The summed E-state index contributed by atoms with van der Waals surface area (Å²) in [4.78, 5) is 24.3. The Morgan fingerprint density at radius 2 is 1.31 bits per heavy atom. The van der Waals surface area contributed by atoms with Crippen LogP contribution in [0.3, 0.4) is 0 Å². The lowest BCUT2D eigenvalue weighted by Gasteiger charge is -2.28. The minimum Gasteiger partial charge on any atom is -0.298 e. The van der Waals surface area contributed by atoms with E-state index in [1.807, 2.05) is 41.5 Å². The number of hydrogen-bond acceptors (Lipinski definition) is 2. The second kappa shape index (κ2) is 4.94. The van der Waals surface area contributed by atoms with Gasteiger partial charge in [0.2, 0.25) is 0 Å². The van der Waals surface area contributed by atoms with Crippen molar-refractivity contribution in [1.29, 1.82) is 0 Å². The van der Waals surface area contributed by atoms with Gasteiger partial charge in [0, 0.05) is 10.8 Å². The molecule has 0 saturated heterocycles. The molecule has 0 aliphatic carbocycles. The van der Waals surface area contributed by atoms with Crippen molar-refractivity contribution in [2.75, 3.05) is 0 Å². The maximum atomic E-state index is 12.2. The molecule has 0 bridgehead atoms. The molecule has 16 heavy (non-hydrogen) atoms. The first-order valence-electron chi connectivity index (χ1n) is 5.71. The Labute approximate surface area is 99.1 Å². The molecule has 92 valence electrons. The average molecular weight is 224 g/mol. The zero-order valence-electron chi connectivity index (χ0n) is 11.4.